The van der Waals surface area contributed by atoms with Gasteiger partial charge >= 0.3 is 0 Å². The van der Waals surface area contributed by atoms with E-state index in [0.29, 0.717) is 37.9 Å². The van der Waals surface area contributed by atoms with Crippen LogP contribution in [0.5, 0.6) is 0 Å². The van der Waals surface area contributed by atoms with Gasteiger partial charge in [-0.2, -0.15) is 5.26 Å². The van der Waals surface area contributed by atoms with Crippen molar-refractivity contribution in [3.63, 3.8) is 0 Å². The summed E-state index contributed by atoms with van der Waals surface area (Å²) in [5, 5.41) is 24.2. The van der Waals surface area contributed by atoms with Gasteiger partial charge in [0.15, 0.2) is 0 Å². The predicted molar refractivity (Wildman–Crippen MR) is 161 cm³/mol. The van der Waals surface area contributed by atoms with E-state index in [0.717, 1.165) is 61.4 Å². The van der Waals surface area contributed by atoms with Crippen LogP contribution in [0.2, 0.25) is 0 Å². The van der Waals surface area contributed by atoms with Crippen molar-refractivity contribution in [3.05, 3.63) is 87.2 Å². The molecule has 0 spiro atoms. The molecule has 0 aromatic heterocycles. The number of carbonyl (C=O) groups is 2. The molecule has 0 saturated carbocycles. The number of non-ortho nitro benzene ring substituents is 1. The summed E-state index contributed by atoms with van der Waals surface area (Å²) in [6.45, 7) is 6.78. The number of benzene rings is 2. The number of likely N-dealkylation sites (tertiary alicyclic amines) is 1. The minimum atomic E-state index is -0.485. The molecule has 42 heavy (non-hydrogen) atoms. The van der Waals surface area contributed by atoms with Crippen molar-refractivity contribution in [1.82, 2.24) is 15.1 Å². The van der Waals surface area contributed by atoms with Crippen molar-refractivity contribution in [2.75, 3.05) is 26.2 Å². The molecular formula is C32H38N6O4. The molecule has 0 bridgehead atoms. The Kier molecular flexibility index (Phi) is 10.2. The SMILES string of the molecule is CCC1=NC(CC)=C(N(C=O)CCCN2CCC(C#N)(c3ccccc3)CC2)C(c2ccc([N+](=O)[O-])cc2)C1NC=O. The second-order valence-electron chi connectivity index (χ2n) is 10.8. The van der Waals surface area contributed by atoms with E-state index in [1.807, 2.05) is 44.2 Å². The quantitative estimate of drug-likeness (QED) is 0.211. The monoisotopic (exact) mass is 570 g/mol. The first-order valence-corrected chi connectivity index (χ1v) is 14.6. The number of allylic oxidation sites excluding steroid dienone is 1. The number of nitro groups is 1. The molecule has 2 amide bonds. The molecule has 2 atom stereocenters. The van der Waals surface area contributed by atoms with Crippen LogP contribution in [-0.4, -0.2) is 65.5 Å². The van der Waals surface area contributed by atoms with Crippen LogP contribution in [0, 0.1) is 21.4 Å². The number of nitro benzene ring substituents is 1. The highest BCUT2D eigenvalue weighted by atomic mass is 16.6. The number of rotatable bonds is 13. The molecule has 2 aliphatic heterocycles. The number of aliphatic imine (C=N–C) groups is 1. The number of nitrogens with one attached hydrogen (secondary N) is 1. The van der Waals surface area contributed by atoms with Crippen LogP contribution in [0.25, 0.3) is 0 Å². The summed E-state index contributed by atoms with van der Waals surface area (Å²) >= 11 is 0. The molecular weight excluding hydrogens is 532 g/mol. The van der Waals surface area contributed by atoms with E-state index in [-0.39, 0.29) is 5.69 Å². The lowest BCUT2D eigenvalue weighted by Gasteiger charge is -2.39. The fourth-order valence-corrected chi connectivity index (χ4v) is 6.23. The number of amides is 2. The van der Waals surface area contributed by atoms with Gasteiger partial charge in [-0.25, -0.2) is 0 Å². The number of nitrogens with zero attached hydrogens (tertiary/aromatic N) is 5. The third kappa shape index (κ3) is 6.42. The summed E-state index contributed by atoms with van der Waals surface area (Å²) in [6, 6.07) is 18.4. The molecule has 10 heteroatoms. The summed E-state index contributed by atoms with van der Waals surface area (Å²) in [5.74, 6) is -0.430. The molecule has 1 N–H and O–H groups in total. The Hall–Kier alpha value is -4.36. The van der Waals surface area contributed by atoms with E-state index >= 15 is 0 Å². The van der Waals surface area contributed by atoms with Gasteiger partial charge in [0, 0.05) is 24.4 Å². The fourth-order valence-electron chi connectivity index (χ4n) is 6.23. The van der Waals surface area contributed by atoms with E-state index < -0.39 is 22.3 Å². The van der Waals surface area contributed by atoms with Gasteiger partial charge in [0.25, 0.3) is 5.69 Å². The van der Waals surface area contributed by atoms with Crippen LogP contribution in [0.1, 0.15) is 63.0 Å². The summed E-state index contributed by atoms with van der Waals surface area (Å²) in [7, 11) is 0. The topological polar surface area (TPSA) is 132 Å². The second-order valence-corrected chi connectivity index (χ2v) is 10.8. The summed E-state index contributed by atoms with van der Waals surface area (Å²) in [5.41, 5.74) is 3.61. The van der Waals surface area contributed by atoms with E-state index in [1.165, 1.54) is 12.1 Å². The van der Waals surface area contributed by atoms with Crippen molar-refractivity contribution in [1.29, 1.82) is 5.26 Å². The highest BCUT2D eigenvalue weighted by molar-refractivity contribution is 5.94. The third-order valence-corrected chi connectivity index (χ3v) is 8.53. The Morgan fingerprint density at radius 3 is 2.36 bits per heavy atom. The first-order valence-electron chi connectivity index (χ1n) is 14.6. The Balaban J connectivity index is 1.53. The average molecular weight is 571 g/mol. The molecule has 0 aliphatic carbocycles. The first-order chi connectivity index (χ1) is 20.4. The lowest BCUT2D eigenvalue weighted by Crippen LogP contribution is -2.47. The van der Waals surface area contributed by atoms with Crippen LogP contribution < -0.4 is 5.32 Å². The number of hydrogen-bond donors (Lipinski definition) is 1. The van der Waals surface area contributed by atoms with Gasteiger partial charge in [0.2, 0.25) is 12.8 Å². The highest BCUT2D eigenvalue weighted by Crippen LogP contribution is 2.39. The van der Waals surface area contributed by atoms with Gasteiger partial charge in [-0.3, -0.25) is 24.7 Å². The maximum atomic E-state index is 12.6. The van der Waals surface area contributed by atoms with Gasteiger partial charge in [-0.1, -0.05) is 56.3 Å². The Morgan fingerprint density at radius 1 is 1.12 bits per heavy atom. The van der Waals surface area contributed by atoms with Crippen molar-refractivity contribution in [3.8, 4) is 6.07 Å². The molecule has 2 aromatic rings. The second kappa shape index (κ2) is 14.0. The van der Waals surface area contributed by atoms with Gasteiger partial charge in [-0.05, 0) is 62.9 Å². The largest absolute Gasteiger partial charge is 0.350 e. The Morgan fingerprint density at radius 2 is 1.81 bits per heavy atom. The predicted octanol–water partition coefficient (Wildman–Crippen LogP) is 4.69. The van der Waals surface area contributed by atoms with Crippen LogP contribution in [0.3, 0.4) is 0 Å². The minimum absolute atomic E-state index is 0.0264. The molecule has 10 nitrogen and oxygen atoms in total. The Bertz CT molecular complexity index is 1360. The molecule has 1 saturated heterocycles. The standard InChI is InChI=1S/C32H38N6O4/c1-3-27-30(34-22-39)29(24-11-13-26(14-12-24)38(41)42)31(28(4-2)35-27)37(23-40)18-8-17-36-19-15-32(21-33,16-20-36)25-9-6-5-7-10-25/h5-7,9-14,22-23,29-30H,3-4,8,15-20H2,1-2H3,(H,34,39). The molecule has 2 heterocycles. The summed E-state index contributed by atoms with van der Waals surface area (Å²) in [4.78, 5) is 44.0. The first kappa shape index (κ1) is 30.6. The molecule has 2 aliphatic rings. The van der Waals surface area contributed by atoms with Crippen LogP contribution in [0.4, 0.5) is 5.69 Å². The van der Waals surface area contributed by atoms with E-state index in [9.17, 15) is 25.0 Å². The van der Waals surface area contributed by atoms with Gasteiger partial charge in [0.05, 0.1) is 39.8 Å². The molecule has 220 valence electrons. The Labute approximate surface area is 246 Å². The minimum Gasteiger partial charge on any atom is -0.350 e. The fraction of sp³-hybridized carbons (Fsp3) is 0.438. The van der Waals surface area contributed by atoms with Crippen LogP contribution in [0.15, 0.2) is 71.0 Å². The van der Waals surface area contributed by atoms with Crippen LogP contribution >= 0.6 is 0 Å². The van der Waals surface area contributed by atoms with E-state index in [1.54, 1.807) is 17.0 Å². The summed E-state index contributed by atoms with van der Waals surface area (Å²) in [6.07, 6.45) is 4.88. The van der Waals surface area contributed by atoms with Crippen molar-refractivity contribution in [2.24, 2.45) is 4.99 Å². The zero-order valence-corrected chi connectivity index (χ0v) is 24.2. The number of nitriles is 1. The molecule has 4 rings (SSSR count). The number of piperidine rings is 1. The number of carbonyl (C=O) groups excluding carboxylic acids is 2. The normalized spacial score (nSPS) is 20.3. The van der Waals surface area contributed by atoms with Crippen molar-refractivity contribution >= 4 is 24.2 Å². The molecule has 0 radical (unpaired) electrons. The lowest BCUT2D eigenvalue weighted by molar-refractivity contribution is -0.384. The van der Waals surface area contributed by atoms with E-state index in [4.69, 9.17) is 4.99 Å². The smallest absolute Gasteiger partial charge is 0.269 e. The number of hydrogen-bond acceptors (Lipinski definition) is 7. The maximum Gasteiger partial charge on any atom is 0.269 e. The molecule has 2 aromatic carbocycles. The van der Waals surface area contributed by atoms with E-state index in [2.05, 4.69) is 16.3 Å². The maximum absolute atomic E-state index is 12.6. The van der Waals surface area contributed by atoms with Crippen molar-refractivity contribution in [2.45, 2.75) is 63.3 Å². The van der Waals surface area contributed by atoms with Gasteiger partial charge < -0.3 is 15.1 Å². The lowest BCUT2D eigenvalue weighted by atomic mass is 9.74. The van der Waals surface area contributed by atoms with Gasteiger partial charge in [0.1, 0.15) is 0 Å². The van der Waals surface area contributed by atoms with Gasteiger partial charge in [-0.15, -0.1) is 0 Å². The third-order valence-electron chi connectivity index (χ3n) is 8.53. The van der Waals surface area contributed by atoms with Crippen LogP contribution in [-0.2, 0) is 15.0 Å². The molecule has 1 fully saturated rings. The average Bonchev–Trinajstić information content (AvgIpc) is 3.04. The van der Waals surface area contributed by atoms with Crippen molar-refractivity contribution < 1.29 is 14.5 Å². The highest BCUT2D eigenvalue weighted by Gasteiger charge is 2.39. The zero-order chi connectivity index (χ0) is 30.1. The summed E-state index contributed by atoms with van der Waals surface area (Å²) < 4.78 is 0. The molecule has 2 unspecified atom stereocenters. The zero-order valence-electron chi connectivity index (χ0n) is 24.2.